The zero-order valence-electron chi connectivity index (χ0n) is 20.2. The van der Waals surface area contributed by atoms with E-state index in [1.165, 1.54) is 12.1 Å². The van der Waals surface area contributed by atoms with Crippen LogP contribution in [0.4, 0.5) is 18.0 Å². The van der Waals surface area contributed by atoms with Gasteiger partial charge in [-0.3, -0.25) is 4.90 Å². The smallest absolute Gasteiger partial charge is 0.407 e. The topological polar surface area (TPSA) is 50.8 Å². The van der Waals surface area contributed by atoms with Crippen molar-refractivity contribution in [3.63, 3.8) is 0 Å². The minimum Gasteiger partial charge on any atom is -0.445 e. The van der Waals surface area contributed by atoms with Gasteiger partial charge in [0.15, 0.2) is 0 Å². The molecule has 2 aromatic carbocycles. The van der Waals surface area contributed by atoms with Crippen molar-refractivity contribution in [2.45, 2.75) is 58.8 Å². The van der Waals surface area contributed by atoms with Gasteiger partial charge >= 0.3 is 12.7 Å². The maximum absolute atomic E-state index is 15.3. The highest BCUT2D eigenvalue weighted by Gasteiger charge is 2.42. The number of fused-ring (bicyclic) bond motifs is 4. The van der Waals surface area contributed by atoms with Crippen molar-refractivity contribution < 1.29 is 27.4 Å². The molecular weight excluding hydrogens is 457 g/mol. The molecule has 2 aromatic rings. The quantitative estimate of drug-likeness (QED) is 0.574. The van der Waals surface area contributed by atoms with E-state index in [1.54, 1.807) is 25.1 Å². The molecule has 3 saturated heterocycles. The molecule has 3 aliphatic heterocycles. The Morgan fingerprint density at radius 1 is 1.17 bits per heavy atom. The number of hydrogen-bond acceptors (Lipinski definition) is 4. The third kappa shape index (κ3) is 4.73. The number of benzene rings is 2. The van der Waals surface area contributed by atoms with Crippen molar-refractivity contribution >= 4 is 6.09 Å². The molecule has 3 fully saturated rings. The van der Waals surface area contributed by atoms with E-state index in [9.17, 15) is 13.6 Å². The summed E-state index contributed by atoms with van der Waals surface area (Å²) in [6.07, 6.45) is 2.22. The van der Waals surface area contributed by atoms with Crippen LogP contribution < -0.4 is 10.1 Å². The van der Waals surface area contributed by atoms with E-state index in [4.69, 9.17) is 4.74 Å². The predicted octanol–water partition coefficient (Wildman–Crippen LogP) is 5.85. The molecule has 8 heteroatoms. The Balaban J connectivity index is 1.36. The van der Waals surface area contributed by atoms with Gasteiger partial charge in [0.2, 0.25) is 0 Å². The lowest BCUT2D eigenvalue weighted by Gasteiger charge is -2.44. The number of hydrogen-bond donors (Lipinski definition) is 1. The molecule has 5 nitrogen and oxygen atoms in total. The summed E-state index contributed by atoms with van der Waals surface area (Å²) in [6, 6.07) is 7.56. The SMILES string of the molecule is Cc1cc(-c2cc3c(cc2F)[C@H](NC(=O)O[C@@H]2CN4CCC2CC4)C(C)(C)C3)ccc1OC(F)F. The summed E-state index contributed by atoms with van der Waals surface area (Å²) < 4.78 is 50.8. The largest absolute Gasteiger partial charge is 0.445 e. The molecule has 0 aromatic heterocycles. The fraction of sp³-hybridized carbons (Fsp3) is 0.519. The van der Waals surface area contributed by atoms with Crippen molar-refractivity contribution in [1.82, 2.24) is 10.2 Å². The van der Waals surface area contributed by atoms with Crippen LogP contribution in [0, 0.1) is 24.1 Å². The normalized spacial score (nSPS) is 26.5. The third-order valence-electron chi connectivity index (χ3n) is 7.79. The van der Waals surface area contributed by atoms with Gasteiger partial charge in [0.25, 0.3) is 0 Å². The average molecular weight is 489 g/mol. The lowest BCUT2D eigenvalue weighted by Crippen LogP contribution is -2.53. The fourth-order valence-corrected chi connectivity index (χ4v) is 5.94. The second-order valence-electron chi connectivity index (χ2n) is 10.7. The summed E-state index contributed by atoms with van der Waals surface area (Å²) in [7, 11) is 0. The third-order valence-corrected chi connectivity index (χ3v) is 7.79. The van der Waals surface area contributed by atoms with Gasteiger partial charge in [0, 0.05) is 12.1 Å². The zero-order valence-corrected chi connectivity index (χ0v) is 20.2. The number of alkyl carbamates (subject to hydrolysis) is 1. The first-order valence-corrected chi connectivity index (χ1v) is 12.2. The standard InChI is InChI=1S/C27H31F3N2O3/c1-15-10-17(4-5-22(15)34-25(29)30)19-11-18-13-27(2,3)24(20(18)12-21(19)28)31-26(33)35-23-14-32-8-6-16(23)7-9-32/h4-5,10-12,16,23-25H,6-9,13-14H2,1-3H3,(H,31,33)/t23-,24+/m1/s1. The Kier molecular flexibility index (Phi) is 6.20. The molecular formula is C27H31F3N2O3. The Bertz CT molecular complexity index is 1130. The molecule has 0 saturated carbocycles. The number of alkyl halides is 2. The number of rotatable bonds is 5. The van der Waals surface area contributed by atoms with Crippen molar-refractivity contribution in [3.05, 3.63) is 52.8 Å². The van der Waals surface area contributed by atoms with Gasteiger partial charge in [0.1, 0.15) is 17.7 Å². The van der Waals surface area contributed by atoms with Crippen LogP contribution in [-0.2, 0) is 11.2 Å². The summed E-state index contributed by atoms with van der Waals surface area (Å²) in [4.78, 5) is 15.2. The lowest BCUT2D eigenvalue weighted by atomic mass is 9.85. The van der Waals surface area contributed by atoms with Crippen LogP contribution in [0.3, 0.4) is 0 Å². The second-order valence-corrected chi connectivity index (χ2v) is 10.7. The average Bonchev–Trinajstić information content (AvgIpc) is 3.04. The van der Waals surface area contributed by atoms with Gasteiger partial charge in [-0.1, -0.05) is 19.9 Å². The minimum atomic E-state index is -2.92. The highest BCUT2D eigenvalue weighted by Crippen LogP contribution is 2.47. The molecule has 3 heterocycles. The van der Waals surface area contributed by atoms with Gasteiger partial charge in [0.05, 0.1) is 6.04 Å². The number of nitrogens with one attached hydrogen (secondary N) is 1. The first kappa shape index (κ1) is 24.0. The van der Waals surface area contributed by atoms with Crippen LogP contribution in [0.5, 0.6) is 5.75 Å². The van der Waals surface area contributed by atoms with E-state index in [-0.39, 0.29) is 23.3 Å². The van der Waals surface area contributed by atoms with Crippen molar-refractivity contribution in [1.29, 1.82) is 0 Å². The van der Waals surface area contributed by atoms with Gasteiger partial charge in [-0.2, -0.15) is 8.78 Å². The highest BCUT2D eigenvalue weighted by molar-refractivity contribution is 5.71. The number of aryl methyl sites for hydroxylation is 1. The number of halogens is 3. The molecule has 4 aliphatic rings. The highest BCUT2D eigenvalue weighted by atomic mass is 19.3. The van der Waals surface area contributed by atoms with Crippen LogP contribution in [0.1, 0.15) is 49.4 Å². The Labute approximate surface area is 203 Å². The van der Waals surface area contributed by atoms with Crippen LogP contribution in [-0.4, -0.2) is 43.3 Å². The molecule has 188 valence electrons. The summed E-state index contributed by atoms with van der Waals surface area (Å²) >= 11 is 0. The monoisotopic (exact) mass is 488 g/mol. The van der Waals surface area contributed by atoms with Gasteiger partial charge in [-0.15, -0.1) is 0 Å². The van der Waals surface area contributed by atoms with Crippen molar-refractivity contribution in [3.8, 4) is 16.9 Å². The van der Waals surface area contributed by atoms with Gasteiger partial charge in [-0.25, -0.2) is 9.18 Å². The molecule has 1 N–H and O–H groups in total. The first-order chi connectivity index (χ1) is 16.6. The summed E-state index contributed by atoms with van der Waals surface area (Å²) in [5.41, 5.74) is 2.84. The number of carbonyl (C=O) groups is 1. The fourth-order valence-electron chi connectivity index (χ4n) is 5.94. The number of amides is 1. The molecule has 2 bridgehead atoms. The molecule has 6 rings (SSSR count). The predicted molar refractivity (Wildman–Crippen MR) is 126 cm³/mol. The van der Waals surface area contributed by atoms with Gasteiger partial charge in [-0.05, 0) is 97.1 Å². The molecule has 0 radical (unpaired) electrons. The van der Waals surface area contributed by atoms with E-state index in [0.717, 1.165) is 43.6 Å². The molecule has 2 atom stereocenters. The van der Waals surface area contributed by atoms with Crippen LogP contribution >= 0.6 is 0 Å². The van der Waals surface area contributed by atoms with E-state index >= 15 is 4.39 Å². The van der Waals surface area contributed by atoms with Crippen LogP contribution in [0.15, 0.2) is 30.3 Å². The minimum absolute atomic E-state index is 0.0669. The van der Waals surface area contributed by atoms with Crippen molar-refractivity contribution in [2.24, 2.45) is 11.3 Å². The van der Waals surface area contributed by atoms with E-state index in [2.05, 4.69) is 15.0 Å². The Morgan fingerprint density at radius 2 is 1.91 bits per heavy atom. The molecule has 35 heavy (non-hydrogen) atoms. The molecule has 1 aliphatic carbocycles. The second kappa shape index (κ2) is 9.04. The van der Waals surface area contributed by atoms with Crippen LogP contribution in [0.25, 0.3) is 11.1 Å². The zero-order chi connectivity index (χ0) is 24.9. The summed E-state index contributed by atoms with van der Waals surface area (Å²) in [5.74, 6) is 0.0497. The number of piperidine rings is 3. The number of nitrogens with zero attached hydrogens (tertiary/aromatic N) is 1. The number of ether oxygens (including phenoxy) is 2. The van der Waals surface area contributed by atoms with Crippen molar-refractivity contribution in [2.75, 3.05) is 19.6 Å². The van der Waals surface area contributed by atoms with E-state index in [0.29, 0.717) is 29.0 Å². The lowest BCUT2D eigenvalue weighted by molar-refractivity contribution is -0.0502. The van der Waals surface area contributed by atoms with E-state index in [1.807, 2.05) is 13.8 Å². The van der Waals surface area contributed by atoms with Gasteiger partial charge < -0.3 is 14.8 Å². The summed E-state index contributed by atoms with van der Waals surface area (Å²) in [6.45, 7) is 5.74. The summed E-state index contributed by atoms with van der Waals surface area (Å²) in [5, 5.41) is 3.02. The number of carbonyl (C=O) groups excluding carboxylic acids is 1. The maximum atomic E-state index is 15.3. The molecule has 0 spiro atoms. The van der Waals surface area contributed by atoms with Crippen LogP contribution in [0.2, 0.25) is 0 Å². The first-order valence-electron chi connectivity index (χ1n) is 12.2. The molecule has 1 amide bonds. The molecule has 0 unspecified atom stereocenters. The Hall–Kier alpha value is -2.74. The Morgan fingerprint density at radius 3 is 2.54 bits per heavy atom. The maximum Gasteiger partial charge on any atom is 0.407 e. The van der Waals surface area contributed by atoms with E-state index < -0.39 is 18.5 Å².